The number of carbonyl (C=O) groups excluding carboxylic acids is 2. The number of hydrogen-bond acceptors (Lipinski definition) is 2. The van der Waals surface area contributed by atoms with Crippen LogP contribution < -0.4 is 10.2 Å². The van der Waals surface area contributed by atoms with Crippen LogP contribution in [0.4, 0.5) is 10.5 Å². The second kappa shape index (κ2) is 8.25. The van der Waals surface area contributed by atoms with Crippen LogP contribution in [0.5, 0.6) is 0 Å². The number of benzene rings is 2. The lowest BCUT2D eigenvalue weighted by molar-refractivity contribution is 0.0943. The van der Waals surface area contributed by atoms with E-state index in [0.29, 0.717) is 18.7 Å². The highest BCUT2D eigenvalue weighted by molar-refractivity contribution is 5.98. The number of rotatable bonds is 5. The van der Waals surface area contributed by atoms with E-state index in [1.165, 1.54) is 5.56 Å². The first-order valence-corrected chi connectivity index (χ1v) is 9.47. The number of hydrogen-bond donors (Lipinski definition) is 1. The standard InChI is InChI=1S/C22H27N3O2/c1-16(2)23-21(26)19-6-4-7-20(14-19)25-13-5-12-24(22(25)27)15-18-10-8-17(3)9-11-18/h4,6-11,14,16H,5,12-13,15H2,1-3H3,(H,23,26). The van der Waals surface area contributed by atoms with E-state index in [2.05, 4.69) is 36.5 Å². The summed E-state index contributed by atoms with van der Waals surface area (Å²) in [6, 6.07) is 15.6. The highest BCUT2D eigenvalue weighted by Crippen LogP contribution is 2.23. The molecule has 0 radical (unpaired) electrons. The molecule has 1 saturated heterocycles. The highest BCUT2D eigenvalue weighted by atomic mass is 16.2. The minimum atomic E-state index is -0.118. The molecule has 0 spiro atoms. The van der Waals surface area contributed by atoms with E-state index in [1.54, 1.807) is 17.0 Å². The first-order valence-electron chi connectivity index (χ1n) is 9.47. The van der Waals surface area contributed by atoms with E-state index < -0.39 is 0 Å². The minimum absolute atomic E-state index is 0.0109. The minimum Gasteiger partial charge on any atom is -0.350 e. The molecule has 3 amide bonds. The van der Waals surface area contributed by atoms with Gasteiger partial charge >= 0.3 is 6.03 Å². The number of amides is 3. The van der Waals surface area contributed by atoms with Crippen molar-refractivity contribution < 1.29 is 9.59 Å². The average Bonchev–Trinajstić information content (AvgIpc) is 2.65. The summed E-state index contributed by atoms with van der Waals surface area (Å²) in [4.78, 5) is 28.9. The summed E-state index contributed by atoms with van der Waals surface area (Å²) in [6.07, 6.45) is 0.903. The molecule has 0 atom stereocenters. The van der Waals surface area contributed by atoms with Gasteiger partial charge in [0.2, 0.25) is 0 Å². The van der Waals surface area contributed by atoms with Crippen LogP contribution >= 0.6 is 0 Å². The molecular formula is C22H27N3O2. The summed E-state index contributed by atoms with van der Waals surface area (Å²) >= 11 is 0. The Hall–Kier alpha value is -2.82. The Bertz CT molecular complexity index is 815. The lowest BCUT2D eigenvalue weighted by Crippen LogP contribution is -2.49. The smallest absolute Gasteiger partial charge is 0.324 e. The van der Waals surface area contributed by atoms with E-state index >= 15 is 0 Å². The summed E-state index contributed by atoms with van der Waals surface area (Å²) in [5.41, 5.74) is 3.68. The van der Waals surface area contributed by atoms with E-state index in [-0.39, 0.29) is 18.0 Å². The number of anilines is 1. The van der Waals surface area contributed by atoms with Gasteiger partial charge in [0.1, 0.15) is 0 Å². The fourth-order valence-electron chi connectivity index (χ4n) is 3.24. The molecule has 3 rings (SSSR count). The topological polar surface area (TPSA) is 52.6 Å². The average molecular weight is 365 g/mol. The number of nitrogens with one attached hydrogen (secondary N) is 1. The Balaban J connectivity index is 1.75. The predicted molar refractivity (Wildman–Crippen MR) is 108 cm³/mol. The second-order valence-corrected chi connectivity index (χ2v) is 7.37. The molecule has 0 bridgehead atoms. The molecule has 142 valence electrons. The van der Waals surface area contributed by atoms with E-state index in [1.807, 2.05) is 30.9 Å². The van der Waals surface area contributed by atoms with Gasteiger partial charge < -0.3 is 10.2 Å². The molecule has 27 heavy (non-hydrogen) atoms. The van der Waals surface area contributed by atoms with Crippen LogP contribution in [0.25, 0.3) is 0 Å². The zero-order valence-corrected chi connectivity index (χ0v) is 16.2. The largest absolute Gasteiger partial charge is 0.350 e. The summed E-state index contributed by atoms with van der Waals surface area (Å²) < 4.78 is 0. The summed E-state index contributed by atoms with van der Waals surface area (Å²) in [6.45, 7) is 7.93. The van der Waals surface area contributed by atoms with Crippen LogP contribution in [0.1, 0.15) is 41.8 Å². The maximum atomic E-state index is 13.0. The maximum Gasteiger partial charge on any atom is 0.324 e. The van der Waals surface area contributed by atoms with Crippen molar-refractivity contribution in [3.05, 3.63) is 65.2 Å². The lowest BCUT2D eigenvalue weighted by atomic mass is 10.1. The van der Waals surface area contributed by atoms with E-state index in [4.69, 9.17) is 0 Å². The molecule has 1 aliphatic rings. The van der Waals surface area contributed by atoms with Crippen LogP contribution in [0, 0.1) is 6.92 Å². The number of urea groups is 1. The number of carbonyl (C=O) groups is 2. The molecule has 0 aliphatic carbocycles. The molecular weight excluding hydrogens is 338 g/mol. The van der Waals surface area contributed by atoms with Crippen LogP contribution in [0.3, 0.4) is 0 Å². The molecule has 5 heteroatoms. The van der Waals surface area contributed by atoms with Crippen molar-refractivity contribution in [2.45, 2.75) is 39.8 Å². The maximum absolute atomic E-state index is 13.0. The predicted octanol–water partition coefficient (Wildman–Crippen LogP) is 3.97. The van der Waals surface area contributed by atoms with Crippen LogP contribution in [-0.2, 0) is 6.54 Å². The van der Waals surface area contributed by atoms with Gasteiger partial charge in [0.15, 0.2) is 0 Å². The molecule has 1 N–H and O–H groups in total. The van der Waals surface area contributed by atoms with Crippen molar-refractivity contribution in [2.75, 3.05) is 18.0 Å². The lowest BCUT2D eigenvalue weighted by Gasteiger charge is -2.36. The monoisotopic (exact) mass is 365 g/mol. The molecule has 1 heterocycles. The van der Waals surface area contributed by atoms with Crippen molar-refractivity contribution in [3.8, 4) is 0 Å². The Kier molecular flexibility index (Phi) is 5.79. The third kappa shape index (κ3) is 4.67. The quantitative estimate of drug-likeness (QED) is 0.872. The van der Waals surface area contributed by atoms with Gasteiger partial charge in [-0.1, -0.05) is 35.9 Å². The summed E-state index contributed by atoms with van der Waals surface area (Å²) in [5.74, 6) is -0.118. The Morgan fingerprint density at radius 1 is 1.11 bits per heavy atom. The Morgan fingerprint density at radius 2 is 1.85 bits per heavy atom. The van der Waals surface area contributed by atoms with Gasteiger partial charge in [-0.25, -0.2) is 4.79 Å². The van der Waals surface area contributed by atoms with Crippen molar-refractivity contribution in [1.82, 2.24) is 10.2 Å². The van der Waals surface area contributed by atoms with Crippen molar-refractivity contribution >= 4 is 17.6 Å². The SMILES string of the molecule is Cc1ccc(CN2CCCN(c3cccc(C(=O)NC(C)C)c3)C2=O)cc1. The fraction of sp³-hybridized carbons (Fsp3) is 0.364. The van der Waals surface area contributed by atoms with Gasteiger partial charge in [0.05, 0.1) is 0 Å². The zero-order chi connectivity index (χ0) is 19.4. The first-order chi connectivity index (χ1) is 12.9. The van der Waals surface area contributed by atoms with Crippen LogP contribution in [0.15, 0.2) is 48.5 Å². The number of nitrogens with zero attached hydrogens (tertiary/aromatic N) is 2. The third-order valence-electron chi connectivity index (χ3n) is 4.64. The van der Waals surface area contributed by atoms with Gasteiger partial charge in [-0.3, -0.25) is 9.69 Å². The molecule has 2 aromatic rings. The van der Waals surface area contributed by atoms with Crippen LogP contribution in [0.2, 0.25) is 0 Å². The molecule has 5 nitrogen and oxygen atoms in total. The van der Waals surface area contributed by atoms with Gasteiger partial charge in [-0.2, -0.15) is 0 Å². The van der Waals surface area contributed by atoms with Gasteiger partial charge in [-0.15, -0.1) is 0 Å². The van der Waals surface area contributed by atoms with Gasteiger partial charge in [0.25, 0.3) is 5.91 Å². The Morgan fingerprint density at radius 3 is 2.56 bits per heavy atom. The summed E-state index contributed by atoms with van der Waals surface area (Å²) in [5, 5.41) is 2.89. The van der Waals surface area contributed by atoms with Gasteiger partial charge in [0, 0.05) is 36.9 Å². The summed E-state index contributed by atoms with van der Waals surface area (Å²) in [7, 11) is 0. The molecule has 1 fully saturated rings. The first kappa shape index (κ1) is 19.0. The van der Waals surface area contributed by atoms with E-state index in [9.17, 15) is 9.59 Å². The Labute approximate surface area is 161 Å². The zero-order valence-electron chi connectivity index (χ0n) is 16.2. The number of aryl methyl sites for hydroxylation is 1. The highest BCUT2D eigenvalue weighted by Gasteiger charge is 2.27. The molecule has 2 aromatic carbocycles. The molecule has 0 aromatic heterocycles. The normalized spacial score (nSPS) is 14.6. The van der Waals surface area contributed by atoms with Gasteiger partial charge in [-0.05, 0) is 51.0 Å². The fourth-order valence-corrected chi connectivity index (χ4v) is 3.24. The van der Waals surface area contributed by atoms with Crippen LogP contribution in [-0.4, -0.2) is 36.0 Å². The molecule has 1 aliphatic heterocycles. The van der Waals surface area contributed by atoms with Crippen molar-refractivity contribution in [3.63, 3.8) is 0 Å². The van der Waals surface area contributed by atoms with Crippen molar-refractivity contribution in [2.24, 2.45) is 0 Å². The van der Waals surface area contributed by atoms with Crippen molar-refractivity contribution in [1.29, 1.82) is 0 Å². The second-order valence-electron chi connectivity index (χ2n) is 7.37. The third-order valence-corrected chi connectivity index (χ3v) is 4.64. The molecule has 0 unspecified atom stereocenters. The van der Waals surface area contributed by atoms with E-state index in [0.717, 1.165) is 24.2 Å². The molecule has 0 saturated carbocycles.